The van der Waals surface area contributed by atoms with Crippen LogP contribution in [0.15, 0.2) is 36.5 Å². The number of nitrogens with zero attached hydrogens (tertiary/aromatic N) is 3. The van der Waals surface area contributed by atoms with Gasteiger partial charge in [-0.2, -0.15) is 0 Å². The summed E-state index contributed by atoms with van der Waals surface area (Å²) >= 11 is 0. The molecule has 0 bridgehead atoms. The van der Waals surface area contributed by atoms with Gasteiger partial charge in [-0.15, -0.1) is 0 Å². The van der Waals surface area contributed by atoms with Crippen LogP contribution in [0.25, 0.3) is 5.69 Å². The van der Waals surface area contributed by atoms with Gasteiger partial charge in [0.2, 0.25) is 0 Å². The van der Waals surface area contributed by atoms with Crippen molar-refractivity contribution in [2.75, 3.05) is 24.5 Å². The van der Waals surface area contributed by atoms with Crippen LogP contribution in [0.1, 0.15) is 56.7 Å². The summed E-state index contributed by atoms with van der Waals surface area (Å²) in [5.74, 6) is 0. The first-order valence-corrected chi connectivity index (χ1v) is 11.2. The molecule has 1 saturated heterocycles. The summed E-state index contributed by atoms with van der Waals surface area (Å²) in [5.41, 5.74) is 5.21. The molecule has 5 heteroatoms. The number of likely N-dealkylation sites (tertiary alicyclic amines) is 1. The van der Waals surface area contributed by atoms with Gasteiger partial charge < -0.3 is 19.7 Å². The van der Waals surface area contributed by atoms with Gasteiger partial charge in [0.1, 0.15) is 0 Å². The van der Waals surface area contributed by atoms with E-state index in [9.17, 15) is 4.79 Å². The molecule has 5 nitrogen and oxygen atoms in total. The van der Waals surface area contributed by atoms with Crippen LogP contribution in [0, 0.1) is 6.92 Å². The van der Waals surface area contributed by atoms with Gasteiger partial charge in [-0.25, -0.2) is 4.79 Å². The van der Waals surface area contributed by atoms with E-state index in [4.69, 9.17) is 0 Å². The quantitative estimate of drug-likeness (QED) is 0.813. The molecular formula is C24H32N4O. The number of aryl methyl sites for hydroxylation is 1. The van der Waals surface area contributed by atoms with Crippen LogP contribution < -0.4 is 10.2 Å². The molecule has 154 valence electrons. The average Bonchev–Trinajstić information content (AvgIpc) is 3.41. The van der Waals surface area contributed by atoms with Gasteiger partial charge in [0.15, 0.2) is 0 Å². The van der Waals surface area contributed by atoms with E-state index in [1.54, 1.807) is 0 Å². The Morgan fingerprint density at radius 2 is 1.90 bits per heavy atom. The van der Waals surface area contributed by atoms with Crippen molar-refractivity contribution < 1.29 is 4.79 Å². The normalized spacial score (nSPS) is 20.6. The topological polar surface area (TPSA) is 40.5 Å². The summed E-state index contributed by atoms with van der Waals surface area (Å²) in [6.07, 6.45) is 8.89. The fraction of sp³-hybridized carbons (Fsp3) is 0.542. The Morgan fingerprint density at radius 3 is 2.62 bits per heavy atom. The van der Waals surface area contributed by atoms with Gasteiger partial charge in [-0.3, -0.25) is 0 Å². The second-order valence-corrected chi connectivity index (χ2v) is 8.95. The van der Waals surface area contributed by atoms with Crippen molar-refractivity contribution in [2.24, 2.45) is 0 Å². The van der Waals surface area contributed by atoms with Crippen LogP contribution in [-0.4, -0.2) is 41.2 Å². The second-order valence-electron chi connectivity index (χ2n) is 8.95. The molecule has 29 heavy (non-hydrogen) atoms. The molecule has 1 spiro atoms. The lowest BCUT2D eigenvalue weighted by Crippen LogP contribution is -2.58. The molecule has 1 aliphatic carbocycles. The number of anilines is 1. The Kier molecular flexibility index (Phi) is 4.56. The fourth-order valence-corrected chi connectivity index (χ4v) is 5.81. The van der Waals surface area contributed by atoms with Gasteiger partial charge in [0, 0.05) is 37.6 Å². The predicted molar refractivity (Wildman–Crippen MR) is 117 cm³/mol. The van der Waals surface area contributed by atoms with E-state index in [0.29, 0.717) is 6.04 Å². The van der Waals surface area contributed by atoms with Gasteiger partial charge >= 0.3 is 6.03 Å². The number of rotatable bonds is 2. The van der Waals surface area contributed by atoms with E-state index in [2.05, 4.69) is 65.2 Å². The molecule has 1 N–H and O–H groups in total. The highest BCUT2D eigenvalue weighted by atomic mass is 16.2. The lowest BCUT2D eigenvalue weighted by Gasteiger charge is -2.53. The van der Waals surface area contributed by atoms with Crippen molar-refractivity contribution in [3.8, 4) is 5.69 Å². The molecule has 0 radical (unpaired) electrons. The first-order valence-electron chi connectivity index (χ1n) is 11.2. The Hall–Kier alpha value is -2.43. The van der Waals surface area contributed by atoms with Crippen molar-refractivity contribution in [3.05, 3.63) is 47.8 Å². The number of piperidine rings is 1. The van der Waals surface area contributed by atoms with Crippen molar-refractivity contribution in [2.45, 2.75) is 64.0 Å². The highest BCUT2D eigenvalue weighted by Gasteiger charge is 2.47. The number of benzene rings is 1. The van der Waals surface area contributed by atoms with E-state index < -0.39 is 0 Å². The molecule has 1 aromatic carbocycles. The maximum Gasteiger partial charge on any atom is 0.317 e. The van der Waals surface area contributed by atoms with Crippen LogP contribution in [0.5, 0.6) is 0 Å². The Balaban J connectivity index is 1.42. The molecule has 5 rings (SSSR count). The lowest BCUT2D eigenvalue weighted by molar-refractivity contribution is 0.148. The third-order valence-electron chi connectivity index (χ3n) is 7.30. The maximum atomic E-state index is 12.8. The molecule has 1 saturated carbocycles. The van der Waals surface area contributed by atoms with Gasteiger partial charge in [0.05, 0.1) is 16.9 Å². The number of hydrogen-bond donors (Lipinski definition) is 1. The van der Waals surface area contributed by atoms with Crippen molar-refractivity contribution in [3.63, 3.8) is 0 Å². The molecule has 1 aromatic heterocycles. The predicted octanol–water partition coefficient (Wildman–Crippen LogP) is 4.57. The summed E-state index contributed by atoms with van der Waals surface area (Å²) in [6, 6.07) is 11.7. The van der Waals surface area contributed by atoms with Gasteiger partial charge in [-0.05, 0) is 69.4 Å². The third kappa shape index (κ3) is 2.93. The third-order valence-corrected chi connectivity index (χ3v) is 7.30. The summed E-state index contributed by atoms with van der Waals surface area (Å²) in [6.45, 7) is 7.01. The first kappa shape index (κ1) is 18.6. The summed E-state index contributed by atoms with van der Waals surface area (Å²) in [4.78, 5) is 17.4. The number of carbonyl (C=O) groups is 1. The summed E-state index contributed by atoms with van der Waals surface area (Å²) in [7, 11) is 0. The monoisotopic (exact) mass is 392 g/mol. The minimum absolute atomic E-state index is 0.0385. The zero-order valence-corrected chi connectivity index (χ0v) is 17.7. The molecular weight excluding hydrogens is 360 g/mol. The minimum Gasteiger partial charge on any atom is -0.359 e. The Bertz CT molecular complexity index is 903. The molecule has 2 amide bonds. The molecule has 2 aliphatic heterocycles. The molecule has 3 heterocycles. The van der Waals surface area contributed by atoms with Crippen LogP contribution in [0.2, 0.25) is 0 Å². The van der Waals surface area contributed by atoms with Crippen molar-refractivity contribution in [1.82, 2.24) is 14.8 Å². The molecule has 0 unspecified atom stereocenters. The minimum atomic E-state index is -0.0385. The van der Waals surface area contributed by atoms with Gasteiger partial charge in [0.25, 0.3) is 0 Å². The summed E-state index contributed by atoms with van der Waals surface area (Å²) in [5, 5.41) is 3.27. The standard InChI is InChI=1S/C24H32N4O/c1-3-28-21-17-18(2)10-11-20(21)27-14-6-9-22(27)24(28)12-15-26(16-13-24)23(29)25-19-7-4-5-8-19/h6,9-11,14,17,19H,3-5,7-8,12-13,15-16H2,1-2H3,(H,25,29). The van der Waals surface area contributed by atoms with E-state index in [-0.39, 0.29) is 11.6 Å². The number of nitrogens with one attached hydrogen (secondary N) is 1. The second kappa shape index (κ2) is 7.12. The van der Waals surface area contributed by atoms with E-state index in [1.807, 2.05) is 4.90 Å². The SMILES string of the molecule is CCN1c2cc(C)ccc2-n2cccc2C12CCN(C(=O)NC1CCCC1)CC2. The largest absolute Gasteiger partial charge is 0.359 e. The number of fused-ring (bicyclic) bond motifs is 4. The zero-order valence-electron chi connectivity index (χ0n) is 17.7. The van der Waals surface area contributed by atoms with E-state index >= 15 is 0 Å². The van der Waals surface area contributed by atoms with Crippen molar-refractivity contribution >= 4 is 11.7 Å². The zero-order chi connectivity index (χ0) is 20.0. The van der Waals surface area contributed by atoms with E-state index in [0.717, 1.165) is 45.3 Å². The van der Waals surface area contributed by atoms with Crippen LogP contribution in [0.3, 0.4) is 0 Å². The number of amides is 2. The number of aromatic nitrogens is 1. The Morgan fingerprint density at radius 1 is 1.14 bits per heavy atom. The number of urea groups is 1. The van der Waals surface area contributed by atoms with Gasteiger partial charge in [-0.1, -0.05) is 18.9 Å². The highest BCUT2D eigenvalue weighted by Crippen LogP contribution is 2.48. The molecule has 3 aliphatic rings. The smallest absolute Gasteiger partial charge is 0.317 e. The van der Waals surface area contributed by atoms with Crippen LogP contribution in [-0.2, 0) is 5.54 Å². The number of carbonyl (C=O) groups excluding carboxylic acids is 1. The van der Waals surface area contributed by atoms with Crippen LogP contribution in [0.4, 0.5) is 10.5 Å². The lowest BCUT2D eigenvalue weighted by atomic mass is 9.80. The average molecular weight is 393 g/mol. The van der Waals surface area contributed by atoms with Crippen LogP contribution >= 0.6 is 0 Å². The van der Waals surface area contributed by atoms with Crippen molar-refractivity contribution in [1.29, 1.82) is 0 Å². The fourth-order valence-electron chi connectivity index (χ4n) is 5.81. The highest BCUT2D eigenvalue weighted by molar-refractivity contribution is 5.75. The maximum absolute atomic E-state index is 12.8. The summed E-state index contributed by atoms with van der Waals surface area (Å²) < 4.78 is 2.37. The molecule has 2 fully saturated rings. The molecule has 0 atom stereocenters. The Labute approximate surface area is 173 Å². The number of hydrogen-bond acceptors (Lipinski definition) is 2. The molecule has 2 aromatic rings. The van der Waals surface area contributed by atoms with E-state index in [1.165, 1.54) is 35.5 Å². The first-order chi connectivity index (χ1) is 14.1.